The van der Waals surface area contributed by atoms with Gasteiger partial charge in [-0.3, -0.25) is 0 Å². The summed E-state index contributed by atoms with van der Waals surface area (Å²) in [6, 6.07) is 7.35. The first-order valence-corrected chi connectivity index (χ1v) is 7.02. The van der Waals surface area contributed by atoms with Crippen LogP contribution in [0.5, 0.6) is 0 Å². The van der Waals surface area contributed by atoms with Crippen molar-refractivity contribution in [2.45, 2.75) is 13.8 Å². The maximum Gasteiger partial charge on any atom is 0.337 e. The summed E-state index contributed by atoms with van der Waals surface area (Å²) in [5.41, 5.74) is 0.215. The number of anilines is 1. The fraction of sp³-hybridized carbons (Fsp3) is 0.375. The van der Waals surface area contributed by atoms with Gasteiger partial charge in [-0.25, -0.2) is 9.78 Å². The first-order chi connectivity index (χ1) is 10.1. The van der Waals surface area contributed by atoms with Crippen molar-refractivity contribution < 1.29 is 14.6 Å². The number of nitrogens with zero attached hydrogens (tertiary/aromatic N) is 1. The third kappa shape index (κ3) is 3.92. The van der Waals surface area contributed by atoms with Gasteiger partial charge >= 0.3 is 5.97 Å². The van der Waals surface area contributed by atoms with Gasteiger partial charge in [-0.15, -0.1) is 0 Å². The van der Waals surface area contributed by atoms with E-state index in [0.29, 0.717) is 30.3 Å². The molecule has 0 spiro atoms. The van der Waals surface area contributed by atoms with E-state index in [1.54, 1.807) is 6.07 Å². The number of benzene rings is 1. The molecule has 0 atom stereocenters. The van der Waals surface area contributed by atoms with Gasteiger partial charge in [-0.2, -0.15) is 0 Å². The number of aromatic carboxylic acids is 1. The minimum Gasteiger partial charge on any atom is -0.478 e. The Morgan fingerprint density at radius 3 is 2.71 bits per heavy atom. The smallest absolute Gasteiger partial charge is 0.337 e. The van der Waals surface area contributed by atoms with Gasteiger partial charge in [0.2, 0.25) is 0 Å². The monoisotopic (exact) mass is 288 g/mol. The molecule has 21 heavy (non-hydrogen) atoms. The lowest BCUT2D eigenvalue weighted by molar-refractivity contribution is 0.0698. The number of carboxylic acids is 1. The van der Waals surface area contributed by atoms with Crippen molar-refractivity contribution in [3.63, 3.8) is 0 Å². The number of pyridine rings is 1. The second kappa shape index (κ2) is 7.04. The highest BCUT2D eigenvalue weighted by Crippen LogP contribution is 2.24. The van der Waals surface area contributed by atoms with Gasteiger partial charge in [0.25, 0.3) is 0 Å². The van der Waals surface area contributed by atoms with Gasteiger partial charge in [0.05, 0.1) is 12.2 Å². The first kappa shape index (κ1) is 15.3. The molecule has 5 nitrogen and oxygen atoms in total. The number of carbonyl (C=O) groups is 1. The average Bonchev–Trinajstić information content (AvgIpc) is 2.46. The van der Waals surface area contributed by atoms with Gasteiger partial charge in [0.1, 0.15) is 5.82 Å². The minimum absolute atomic E-state index is 0.215. The molecule has 0 aliphatic rings. The van der Waals surface area contributed by atoms with E-state index in [9.17, 15) is 9.90 Å². The van der Waals surface area contributed by atoms with Crippen molar-refractivity contribution in [3.05, 3.63) is 36.0 Å². The molecule has 112 valence electrons. The van der Waals surface area contributed by atoms with Crippen molar-refractivity contribution in [1.82, 2.24) is 4.98 Å². The molecule has 0 fully saturated rings. The molecule has 0 aliphatic carbocycles. The Balaban J connectivity index is 2.11. The van der Waals surface area contributed by atoms with Crippen LogP contribution in [0.3, 0.4) is 0 Å². The quantitative estimate of drug-likeness (QED) is 0.766. The van der Waals surface area contributed by atoms with E-state index >= 15 is 0 Å². The molecule has 1 heterocycles. The molecular weight excluding hydrogens is 268 g/mol. The van der Waals surface area contributed by atoms with E-state index in [0.717, 1.165) is 12.0 Å². The molecule has 0 radical (unpaired) electrons. The number of carboxylic acid groups (broad SMARTS) is 1. The number of hydrogen-bond donors (Lipinski definition) is 2. The SMILES string of the molecule is CC(C)COCCNc1ncc(C(=O)O)c2ccccc12. The predicted octanol–water partition coefficient (Wildman–Crippen LogP) is 3.02. The zero-order valence-electron chi connectivity index (χ0n) is 12.3. The summed E-state index contributed by atoms with van der Waals surface area (Å²) in [4.78, 5) is 15.4. The molecule has 1 aromatic heterocycles. The third-order valence-corrected chi connectivity index (χ3v) is 3.02. The second-order valence-electron chi connectivity index (χ2n) is 5.27. The van der Waals surface area contributed by atoms with Crippen LogP contribution in [0.15, 0.2) is 30.5 Å². The van der Waals surface area contributed by atoms with Crippen LogP contribution in [-0.4, -0.2) is 35.8 Å². The summed E-state index contributed by atoms with van der Waals surface area (Å²) in [6.45, 7) is 6.17. The Kier molecular flexibility index (Phi) is 5.11. The van der Waals surface area contributed by atoms with Crippen LogP contribution in [-0.2, 0) is 4.74 Å². The molecule has 0 bridgehead atoms. The van der Waals surface area contributed by atoms with Crippen molar-refractivity contribution >= 4 is 22.6 Å². The molecule has 0 amide bonds. The maximum absolute atomic E-state index is 11.2. The van der Waals surface area contributed by atoms with Crippen molar-refractivity contribution in [2.75, 3.05) is 25.1 Å². The predicted molar refractivity (Wildman–Crippen MR) is 82.8 cm³/mol. The third-order valence-electron chi connectivity index (χ3n) is 3.02. The van der Waals surface area contributed by atoms with Crippen molar-refractivity contribution in [2.24, 2.45) is 5.92 Å². The molecule has 1 aromatic carbocycles. The van der Waals surface area contributed by atoms with Crippen LogP contribution in [0.4, 0.5) is 5.82 Å². The van der Waals surface area contributed by atoms with E-state index in [1.807, 2.05) is 18.2 Å². The lowest BCUT2D eigenvalue weighted by atomic mass is 10.1. The standard InChI is InChI=1S/C16H20N2O3/c1-11(2)10-21-8-7-17-15-13-6-4-3-5-12(13)14(9-18-15)16(19)20/h3-6,9,11H,7-8,10H2,1-2H3,(H,17,18)(H,19,20). The molecule has 0 aliphatic heterocycles. The van der Waals surface area contributed by atoms with Crippen LogP contribution in [0.2, 0.25) is 0 Å². The van der Waals surface area contributed by atoms with Crippen LogP contribution in [0, 0.1) is 5.92 Å². The first-order valence-electron chi connectivity index (χ1n) is 7.02. The summed E-state index contributed by atoms with van der Waals surface area (Å²) >= 11 is 0. The Labute approximate surface area is 124 Å². The Morgan fingerprint density at radius 1 is 1.33 bits per heavy atom. The highest BCUT2D eigenvalue weighted by molar-refractivity contribution is 6.06. The van der Waals surface area contributed by atoms with Crippen LogP contribution in [0.25, 0.3) is 10.8 Å². The summed E-state index contributed by atoms with van der Waals surface area (Å²) in [5.74, 6) is 0.230. The van der Waals surface area contributed by atoms with Gasteiger partial charge in [-0.1, -0.05) is 38.1 Å². The highest BCUT2D eigenvalue weighted by Gasteiger charge is 2.11. The number of nitrogens with one attached hydrogen (secondary N) is 1. The Morgan fingerprint density at radius 2 is 2.05 bits per heavy atom. The van der Waals surface area contributed by atoms with Gasteiger partial charge in [0.15, 0.2) is 0 Å². The lowest BCUT2D eigenvalue weighted by Gasteiger charge is -2.11. The molecule has 0 saturated heterocycles. The maximum atomic E-state index is 11.2. The largest absolute Gasteiger partial charge is 0.478 e. The van der Waals surface area contributed by atoms with Gasteiger partial charge in [-0.05, 0) is 5.92 Å². The second-order valence-corrected chi connectivity index (χ2v) is 5.27. The zero-order chi connectivity index (χ0) is 15.2. The zero-order valence-corrected chi connectivity index (χ0v) is 12.3. The van der Waals surface area contributed by atoms with E-state index in [2.05, 4.69) is 24.1 Å². The van der Waals surface area contributed by atoms with E-state index in [4.69, 9.17) is 4.74 Å². The van der Waals surface area contributed by atoms with Gasteiger partial charge in [0, 0.05) is 30.1 Å². The van der Waals surface area contributed by atoms with Crippen molar-refractivity contribution in [3.8, 4) is 0 Å². The average molecular weight is 288 g/mol. The van der Waals surface area contributed by atoms with Crippen molar-refractivity contribution in [1.29, 1.82) is 0 Å². The Bertz CT molecular complexity index is 626. The number of hydrogen-bond acceptors (Lipinski definition) is 4. The topological polar surface area (TPSA) is 71.5 Å². The van der Waals surface area contributed by atoms with Crippen LogP contribution >= 0.6 is 0 Å². The summed E-state index contributed by atoms with van der Waals surface area (Å²) < 4.78 is 5.51. The van der Waals surface area contributed by atoms with Crippen LogP contribution < -0.4 is 5.32 Å². The Hall–Kier alpha value is -2.14. The molecule has 0 unspecified atom stereocenters. The normalized spacial score (nSPS) is 11.0. The number of ether oxygens (including phenoxy) is 1. The van der Waals surface area contributed by atoms with E-state index in [1.165, 1.54) is 6.20 Å². The minimum atomic E-state index is -0.967. The lowest BCUT2D eigenvalue weighted by Crippen LogP contribution is -2.13. The fourth-order valence-corrected chi connectivity index (χ4v) is 2.06. The molecule has 0 saturated carbocycles. The molecule has 2 rings (SSSR count). The molecule has 5 heteroatoms. The molecule has 2 aromatic rings. The van der Waals surface area contributed by atoms with Crippen LogP contribution in [0.1, 0.15) is 24.2 Å². The number of rotatable bonds is 7. The number of fused-ring (bicyclic) bond motifs is 1. The summed E-state index contributed by atoms with van der Waals surface area (Å²) in [7, 11) is 0. The van der Waals surface area contributed by atoms with E-state index in [-0.39, 0.29) is 5.56 Å². The highest BCUT2D eigenvalue weighted by atomic mass is 16.5. The molecule has 2 N–H and O–H groups in total. The van der Waals surface area contributed by atoms with E-state index < -0.39 is 5.97 Å². The number of aromatic nitrogens is 1. The van der Waals surface area contributed by atoms with Gasteiger partial charge < -0.3 is 15.2 Å². The summed E-state index contributed by atoms with van der Waals surface area (Å²) in [6.07, 6.45) is 1.39. The summed E-state index contributed by atoms with van der Waals surface area (Å²) in [5, 5.41) is 13.9. The fourth-order valence-electron chi connectivity index (χ4n) is 2.06. The molecular formula is C16H20N2O3.